The standard InChI is InChI=1S/C36H37N5O2S/c1-23-21-26(22-37-41-33(25-13-5-3-6-14-25)39-30-19-11-9-17-28(30)35(41)43)24(2)40(23)36-32(29-18-10-12-20-31(29)44-36)34(42)38-27-15-7-4-8-16-27/h4,7-9,11,15-17,19,21-22,25H,3,5-6,10,12-14,18,20H2,1-2H3,(H,38,42). The van der Waals surface area contributed by atoms with E-state index in [-0.39, 0.29) is 17.4 Å². The lowest BCUT2D eigenvalue weighted by atomic mass is 9.88. The zero-order chi connectivity index (χ0) is 30.2. The van der Waals surface area contributed by atoms with Crippen LogP contribution in [0.15, 0.2) is 70.6 Å². The van der Waals surface area contributed by atoms with Gasteiger partial charge in [0.05, 0.1) is 22.7 Å². The molecule has 3 heterocycles. The van der Waals surface area contributed by atoms with E-state index in [9.17, 15) is 9.59 Å². The van der Waals surface area contributed by atoms with Gasteiger partial charge >= 0.3 is 0 Å². The summed E-state index contributed by atoms with van der Waals surface area (Å²) in [6.07, 6.45) is 11.5. The highest BCUT2D eigenvalue weighted by Gasteiger charge is 2.28. The third kappa shape index (κ3) is 5.21. The molecule has 1 fully saturated rings. The molecular weight excluding hydrogens is 566 g/mol. The molecule has 0 saturated heterocycles. The fourth-order valence-corrected chi connectivity index (χ4v) is 8.38. The van der Waals surface area contributed by atoms with E-state index in [4.69, 9.17) is 10.1 Å². The van der Waals surface area contributed by atoms with Crippen molar-refractivity contribution in [3.8, 4) is 5.00 Å². The van der Waals surface area contributed by atoms with Gasteiger partial charge in [0.15, 0.2) is 0 Å². The van der Waals surface area contributed by atoms with Gasteiger partial charge in [-0.1, -0.05) is 49.6 Å². The highest BCUT2D eigenvalue weighted by molar-refractivity contribution is 7.15. The lowest BCUT2D eigenvalue weighted by Crippen LogP contribution is -2.25. The van der Waals surface area contributed by atoms with Crippen molar-refractivity contribution in [3.63, 3.8) is 0 Å². The first-order valence-electron chi connectivity index (χ1n) is 15.8. The Morgan fingerprint density at radius 3 is 2.55 bits per heavy atom. The Labute approximate surface area is 261 Å². The molecule has 8 heteroatoms. The van der Waals surface area contributed by atoms with E-state index in [0.29, 0.717) is 5.39 Å². The molecule has 0 atom stereocenters. The van der Waals surface area contributed by atoms with Gasteiger partial charge in [0.2, 0.25) is 0 Å². The van der Waals surface area contributed by atoms with Crippen LogP contribution in [0.25, 0.3) is 15.9 Å². The van der Waals surface area contributed by atoms with E-state index in [2.05, 4.69) is 29.8 Å². The van der Waals surface area contributed by atoms with Gasteiger partial charge in [-0.3, -0.25) is 9.59 Å². The van der Waals surface area contributed by atoms with E-state index < -0.39 is 0 Å². The molecule has 0 radical (unpaired) electrons. The van der Waals surface area contributed by atoms with Crippen molar-refractivity contribution in [2.75, 3.05) is 5.32 Å². The van der Waals surface area contributed by atoms with Crippen LogP contribution in [0.2, 0.25) is 0 Å². The van der Waals surface area contributed by atoms with Crippen molar-refractivity contribution in [2.24, 2.45) is 5.10 Å². The number of nitrogens with zero attached hydrogens (tertiary/aromatic N) is 4. The quantitative estimate of drug-likeness (QED) is 0.200. The molecule has 0 spiro atoms. The number of benzene rings is 2. The average Bonchev–Trinajstić information content (AvgIpc) is 3.57. The van der Waals surface area contributed by atoms with E-state index in [1.807, 2.05) is 54.6 Å². The van der Waals surface area contributed by atoms with Crippen LogP contribution < -0.4 is 10.9 Å². The van der Waals surface area contributed by atoms with Gasteiger partial charge in [0.1, 0.15) is 10.8 Å². The van der Waals surface area contributed by atoms with Crippen molar-refractivity contribution < 1.29 is 4.79 Å². The van der Waals surface area contributed by atoms with Crippen LogP contribution in [0.4, 0.5) is 5.69 Å². The summed E-state index contributed by atoms with van der Waals surface area (Å²) in [6.45, 7) is 4.13. The summed E-state index contributed by atoms with van der Waals surface area (Å²) in [7, 11) is 0. The molecule has 224 valence electrons. The maximum Gasteiger partial charge on any atom is 0.282 e. The Balaban J connectivity index is 1.30. The van der Waals surface area contributed by atoms with Crippen LogP contribution in [0, 0.1) is 13.8 Å². The molecule has 44 heavy (non-hydrogen) atoms. The Hall–Kier alpha value is -4.30. The third-order valence-corrected chi connectivity index (χ3v) is 10.4. The Morgan fingerprint density at radius 1 is 0.977 bits per heavy atom. The van der Waals surface area contributed by atoms with Gasteiger partial charge in [-0.25, -0.2) is 4.98 Å². The topological polar surface area (TPSA) is 81.3 Å². The van der Waals surface area contributed by atoms with Gasteiger partial charge in [-0.05, 0) is 88.3 Å². The number of anilines is 1. The van der Waals surface area contributed by atoms with Gasteiger partial charge in [0, 0.05) is 33.4 Å². The lowest BCUT2D eigenvalue weighted by Gasteiger charge is -2.22. The summed E-state index contributed by atoms with van der Waals surface area (Å²) in [5, 5.41) is 9.48. The van der Waals surface area contributed by atoms with Crippen molar-refractivity contribution in [2.45, 2.75) is 77.6 Å². The number of aromatic nitrogens is 3. The SMILES string of the molecule is Cc1cc(C=Nn2c(C3CCCCC3)nc3ccccc3c2=O)c(C)n1-c1sc2c(c1C(=O)Nc1ccccc1)CCCC2. The minimum Gasteiger partial charge on any atom is -0.322 e. The molecular formula is C36H37N5O2S. The van der Waals surface area contributed by atoms with Gasteiger partial charge in [-0.15, -0.1) is 11.3 Å². The normalized spacial score (nSPS) is 15.6. The number of thiophene rings is 1. The molecule has 2 aromatic carbocycles. The van der Waals surface area contributed by atoms with E-state index in [1.165, 1.54) is 21.5 Å². The smallest absolute Gasteiger partial charge is 0.282 e. The number of amides is 1. The summed E-state index contributed by atoms with van der Waals surface area (Å²) >= 11 is 1.73. The second-order valence-electron chi connectivity index (χ2n) is 12.1. The Bertz CT molecular complexity index is 1940. The number of carbonyl (C=O) groups excluding carboxylic acids is 1. The number of hydrogen-bond donors (Lipinski definition) is 1. The largest absolute Gasteiger partial charge is 0.322 e. The van der Waals surface area contributed by atoms with Crippen LogP contribution in [0.5, 0.6) is 0 Å². The molecule has 3 aromatic heterocycles. The average molecular weight is 604 g/mol. The Kier molecular flexibility index (Phi) is 7.77. The first kappa shape index (κ1) is 28.5. The highest BCUT2D eigenvalue weighted by atomic mass is 32.1. The maximum atomic E-state index is 13.8. The maximum absolute atomic E-state index is 13.8. The van der Waals surface area contributed by atoms with Crippen LogP contribution in [-0.2, 0) is 12.8 Å². The molecule has 7 nitrogen and oxygen atoms in total. The number of hydrogen-bond acceptors (Lipinski definition) is 5. The van der Waals surface area contributed by atoms with Gasteiger partial charge in [0.25, 0.3) is 11.5 Å². The first-order chi connectivity index (χ1) is 21.5. The second-order valence-corrected chi connectivity index (χ2v) is 13.1. The van der Waals surface area contributed by atoms with Gasteiger partial charge < -0.3 is 9.88 Å². The summed E-state index contributed by atoms with van der Waals surface area (Å²) in [4.78, 5) is 33.8. The number of aryl methyl sites for hydroxylation is 2. The summed E-state index contributed by atoms with van der Waals surface area (Å²) < 4.78 is 3.72. The predicted molar refractivity (Wildman–Crippen MR) is 179 cm³/mol. The van der Waals surface area contributed by atoms with Crippen LogP contribution in [-0.4, -0.2) is 26.3 Å². The van der Waals surface area contributed by atoms with Crippen molar-refractivity contribution >= 4 is 40.0 Å². The molecule has 7 rings (SSSR count). The molecule has 1 saturated carbocycles. The minimum atomic E-state index is -0.132. The highest BCUT2D eigenvalue weighted by Crippen LogP contribution is 2.39. The molecule has 1 amide bonds. The fraction of sp³-hybridized carbons (Fsp3) is 0.333. The monoisotopic (exact) mass is 603 g/mol. The zero-order valence-electron chi connectivity index (χ0n) is 25.3. The molecule has 0 unspecified atom stereocenters. The molecule has 0 aliphatic heterocycles. The van der Waals surface area contributed by atoms with Crippen LogP contribution >= 0.6 is 11.3 Å². The Morgan fingerprint density at radius 2 is 1.73 bits per heavy atom. The molecule has 0 bridgehead atoms. The number of para-hydroxylation sites is 2. The second kappa shape index (κ2) is 12.0. The van der Waals surface area contributed by atoms with E-state index >= 15 is 0 Å². The zero-order valence-corrected chi connectivity index (χ0v) is 26.1. The number of carbonyl (C=O) groups is 1. The van der Waals surface area contributed by atoms with E-state index in [1.54, 1.807) is 17.6 Å². The number of nitrogens with one attached hydrogen (secondary N) is 1. The molecule has 2 aliphatic carbocycles. The summed E-state index contributed by atoms with van der Waals surface area (Å²) in [5.41, 5.74) is 6.26. The molecule has 2 aliphatic rings. The molecule has 1 N–H and O–H groups in total. The van der Waals surface area contributed by atoms with Crippen molar-refractivity contribution in [1.29, 1.82) is 0 Å². The van der Waals surface area contributed by atoms with Crippen molar-refractivity contribution in [1.82, 2.24) is 14.2 Å². The summed E-state index contributed by atoms with van der Waals surface area (Å²) in [5.74, 6) is 0.900. The van der Waals surface area contributed by atoms with Crippen LogP contribution in [0.3, 0.4) is 0 Å². The van der Waals surface area contributed by atoms with Gasteiger partial charge in [-0.2, -0.15) is 9.78 Å². The predicted octanol–water partition coefficient (Wildman–Crippen LogP) is 7.93. The molecule has 5 aromatic rings. The van der Waals surface area contributed by atoms with E-state index in [0.717, 1.165) is 95.9 Å². The third-order valence-electron chi connectivity index (χ3n) is 9.15. The minimum absolute atomic E-state index is 0.0702. The first-order valence-corrected chi connectivity index (χ1v) is 16.6. The fourth-order valence-electron chi connectivity index (χ4n) is 6.89. The summed E-state index contributed by atoms with van der Waals surface area (Å²) in [6, 6.07) is 19.3. The number of fused-ring (bicyclic) bond motifs is 2. The van der Waals surface area contributed by atoms with Crippen molar-refractivity contribution in [3.05, 3.63) is 110 Å². The van der Waals surface area contributed by atoms with Crippen LogP contribution in [0.1, 0.15) is 94.4 Å². The number of rotatable bonds is 6. The lowest BCUT2D eigenvalue weighted by molar-refractivity contribution is 0.102.